The van der Waals surface area contributed by atoms with Crippen LogP contribution in [0.5, 0.6) is 5.75 Å². The van der Waals surface area contributed by atoms with E-state index in [0.717, 1.165) is 16.7 Å². The summed E-state index contributed by atoms with van der Waals surface area (Å²) in [5.41, 5.74) is 0.863. The molecule has 0 saturated carbocycles. The smallest absolute Gasteiger partial charge is 0.407 e. The highest BCUT2D eigenvalue weighted by Crippen LogP contribution is 2.29. The number of alkyl carbamates (subject to hydrolysis) is 1. The van der Waals surface area contributed by atoms with E-state index in [1.54, 1.807) is 63.3 Å². The summed E-state index contributed by atoms with van der Waals surface area (Å²) in [6.07, 6.45) is 4.46. The number of hydrogen-bond donors (Lipinski definition) is 6. The summed E-state index contributed by atoms with van der Waals surface area (Å²) in [6, 6.07) is 9.96. The van der Waals surface area contributed by atoms with E-state index in [2.05, 4.69) is 26.6 Å². The highest BCUT2D eigenvalue weighted by Gasteiger charge is 2.45. The molecule has 43 heavy (non-hydrogen) atoms. The van der Waals surface area contributed by atoms with Gasteiger partial charge in [-0.3, -0.25) is 19.7 Å². The van der Waals surface area contributed by atoms with Crippen molar-refractivity contribution in [1.29, 1.82) is 0 Å². The van der Waals surface area contributed by atoms with Gasteiger partial charge in [0.2, 0.25) is 5.91 Å². The lowest BCUT2D eigenvalue weighted by Gasteiger charge is -2.27. The predicted molar refractivity (Wildman–Crippen MR) is 158 cm³/mol. The standard InChI is InChI=1S/C31H37N5O7/c1-30(2,3)43-29(42)33-15-5-4-14-32-26(39)24(16-19-6-10-23(37)11-7-19)34-25(38)21-8-9-22-18-31(13-12-20(22)17-21)27(40)35-28(41)36-31/h6-13,17,24,37H,4-5,14-16,18H2,1-3H3,(H,32,39)(H,33,42)(H,34,38)(H2,35,36,40,41)/t24-,31?/m1/s1. The van der Waals surface area contributed by atoms with Gasteiger partial charge in [0.25, 0.3) is 11.8 Å². The van der Waals surface area contributed by atoms with Gasteiger partial charge in [0, 0.05) is 31.5 Å². The molecule has 6 N–H and O–H groups in total. The maximum Gasteiger partial charge on any atom is 0.407 e. The summed E-state index contributed by atoms with van der Waals surface area (Å²) in [7, 11) is 0. The van der Waals surface area contributed by atoms with Crippen LogP contribution in [-0.2, 0) is 27.2 Å². The van der Waals surface area contributed by atoms with Crippen molar-refractivity contribution in [1.82, 2.24) is 26.6 Å². The van der Waals surface area contributed by atoms with Crippen molar-refractivity contribution in [2.75, 3.05) is 13.1 Å². The average molecular weight is 592 g/mol. The molecule has 1 aliphatic carbocycles. The van der Waals surface area contributed by atoms with Crippen molar-refractivity contribution >= 4 is 35.9 Å². The second kappa shape index (κ2) is 13.0. The molecule has 1 fully saturated rings. The van der Waals surface area contributed by atoms with Crippen molar-refractivity contribution in [2.45, 2.75) is 63.6 Å². The Morgan fingerprint density at radius 1 is 1.02 bits per heavy atom. The Labute approximate surface area is 249 Å². The molecule has 4 rings (SSSR count). The summed E-state index contributed by atoms with van der Waals surface area (Å²) >= 11 is 0. The fraction of sp³-hybridized carbons (Fsp3) is 0.387. The van der Waals surface area contributed by atoms with Gasteiger partial charge in [-0.1, -0.05) is 24.3 Å². The number of rotatable bonds is 10. The molecule has 1 saturated heterocycles. The SMILES string of the molecule is CC(C)(C)OC(=O)NCCCCNC(=O)[C@@H](Cc1ccc(O)cc1)NC(=O)c1ccc2c(c1)C=CC1(C2)NC(=O)NC1=O. The number of ether oxygens (including phenoxy) is 1. The first-order valence-corrected chi connectivity index (χ1v) is 14.1. The number of benzene rings is 2. The molecule has 1 heterocycles. The maximum atomic E-state index is 13.3. The molecule has 2 aliphatic rings. The Morgan fingerprint density at radius 3 is 2.37 bits per heavy atom. The quantitative estimate of drug-likeness (QED) is 0.182. The second-order valence-electron chi connectivity index (χ2n) is 11.6. The van der Waals surface area contributed by atoms with Gasteiger partial charge in [-0.2, -0.15) is 0 Å². The van der Waals surface area contributed by atoms with E-state index in [1.807, 2.05) is 0 Å². The third-order valence-corrected chi connectivity index (χ3v) is 6.96. The minimum atomic E-state index is -1.15. The minimum Gasteiger partial charge on any atom is -0.508 e. The molecule has 1 unspecified atom stereocenters. The van der Waals surface area contributed by atoms with Crippen LogP contribution in [0.4, 0.5) is 9.59 Å². The number of nitrogens with one attached hydrogen (secondary N) is 5. The number of phenols is 1. The van der Waals surface area contributed by atoms with Crippen LogP contribution in [0.1, 0.15) is 60.7 Å². The molecular weight excluding hydrogens is 554 g/mol. The molecule has 1 spiro atoms. The van der Waals surface area contributed by atoms with Crippen molar-refractivity contribution in [3.05, 3.63) is 70.8 Å². The van der Waals surface area contributed by atoms with E-state index >= 15 is 0 Å². The van der Waals surface area contributed by atoms with E-state index in [0.29, 0.717) is 31.5 Å². The number of aromatic hydroxyl groups is 1. The highest BCUT2D eigenvalue weighted by atomic mass is 16.6. The lowest BCUT2D eigenvalue weighted by atomic mass is 9.83. The van der Waals surface area contributed by atoms with E-state index < -0.39 is 41.1 Å². The molecule has 0 aromatic heterocycles. The first kappa shape index (κ1) is 31.1. The zero-order valence-electron chi connectivity index (χ0n) is 24.4. The van der Waals surface area contributed by atoms with Crippen LogP contribution in [0.2, 0.25) is 0 Å². The molecule has 0 bridgehead atoms. The molecule has 228 valence electrons. The van der Waals surface area contributed by atoms with Gasteiger partial charge in [0.1, 0.15) is 22.9 Å². The zero-order chi connectivity index (χ0) is 31.2. The largest absolute Gasteiger partial charge is 0.508 e. The van der Waals surface area contributed by atoms with Crippen LogP contribution in [0.3, 0.4) is 0 Å². The van der Waals surface area contributed by atoms with Crippen molar-refractivity contribution in [3.8, 4) is 5.75 Å². The van der Waals surface area contributed by atoms with Gasteiger partial charge in [-0.05, 0) is 80.6 Å². The molecular formula is C31H37N5O7. The van der Waals surface area contributed by atoms with Gasteiger partial charge in [-0.15, -0.1) is 0 Å². The summed E-state index contributed by atoms with van der Waals surface area (Å²) in [5.74, 6) is -1.16. The molecule has 12 heteroatoms. The first-order chi connectivity index (χ1) is 20.3. The lowest BCUT2D eigenvalue weighted by Crippen LogP contribution is -2.48. The molecule has 1 aliphatic heterocycles. The number of urea groups is 1. The normalized spacial score (nSPS) is 17.8. The van der Waals surface area contributed by atoms with Crippen LogP contribution in [-0.4, -0.2) is 65.2 Å². The van der Waals surface area contributed by atoms with Gasteiger partial charge in [0.15, 0.2) is 0 Å². The monoisotopic (exact) mass is 591 g/mol. The first-order valence-electron chi connectivity index (χ1n) is 14.1. The Kier molecular flexibility index (Phi) is 9.37. The van der Waals surface area contributed by atoms with Crippen LogP contribution in [0, 0.1) is 0 Å². The van der Waals surface area contributed by atoms with Crippen molar-refractivity contribution in [3.63, 3.8) is 0 Å². The average Bonchev–Trinajstić information content (AvgIpc) is 3.21. The lowest BCUT2D eigenvalue weighted by molar-refractivity contribution is -0.123. The number of imide groups is 1. The predicted octanol–water partition coefficient (Wildman–Crippen LogP) is 2.30. The topological polar surface area (TPSA) is 175 Å². The summed E-state index contributed by atoms with van der Waals surface area (Å²) in [5, 5.41) is 22.9. The molecule has 12 nitrogen and oxygen atoms in total. The van der Waals surface area contributed by atoms with Crippen LogP contribution < -0.4 is 26.6 Å². The number of amides is 6. The van der Waals surface area contributed by atoms with E-state index in [9.17, 15) is 29.1 Å². The third-order valence-electron chi connectivity index (χ3n) is 6.96. The van der Waals surface area contributed by atoms with E-state index in [1.165, 1.54) is 12.1 Å². The summed E-state index contributed by atoms with van der Waals surface area (Å²) in [4.78, 5) is 62.2. The van der Waals surface area contributed by atoms with Crippen molar-refractivity contribution < 1.29 is 33.8 Å². The Morgan fingerprint density at radius 2 is 1.72 bits per heavy atom. The van der Waals surface area contributed by atoms with Crippen molar-refractivity contribution in [2.24, 2.45) is 0 Å². The summed E-state index contributed by atoms with van der Waals surface area (Å²) in [6.45, 7) is 6.08. The van der Waals surface area contributed by atoms with E-state index in [4.69, 9.17) is 4.74 Å². The fourth-order valence-electron chi connectivity index (χ4n) is 4.80. The third kappa shape index (κ3) is 8.34. The number of fused-ring (bicyclic) bond motifs is 1. The summed E-state index contributed by atoms with van der Waals surface area (Å²) < 4.78 is 5.20. The Hall–Kier alpha value is -4.87. The van der Waals surface area contributed by atoms with Crippen LogP contribution in [0.25, 0.3) is 6.08 Å². The number of phenolic OH excluding ortho intramolecular Hbond substituents is 1. The van der Waals surface area contributed by atoms with Gasteiger partial charge in [0.05, 0.1) is 0 Å². The van der Waals surface area contributed by atoms with Gasteiger partial charge in [-0.25, -0.2) is 9.59 Å². The molecule has 2 aromatic rings. The van der Waals surface area contributed by atoms with Gasteiger partial charge < -0.3 is 31.1 Å². The number of unbranched alkanes of at least 4 members (excludes halogenated alkanes) is 1. The number of carbonyl (C=O) groups is 5. The number of hydrogen-bond acceptors (Lipinski definition) is 7. The van der Waals surface area contributed by atoms with Crippen LogP contribution >= 0.6 is 0 Å². The molecule has 2 atom stereocenters. The number of carbonyl (C=O) groups excluding carboxylic acids is 5. The van der Waals surface area contributed by atoms with Gasteiger partial charge >= 0.3 is 12.1 Å². The molecule has 6 amide bonds. The Balaban J connectivity index is 1.36. The zero-order valence-corrected chi connectivity index (χ0v) is 24.4. The van der Waals surface area contributed by atoms with E-state index in [-0.39, 0.29) is 24.5 Å². The molecule has 2 aromatic carbocycles. The minimum absolute atomic E-state index is 0.0901. The van der Waals surface area contributed by atoms with Crippen LogP contribution in [0.15, 0.2) is 48.5 Å². The molecule has 0 radical (unpaired) electrons. The second-order valence-corrected chi connectivity index (χ2v) is 11.6. The highest BCUT2D eigenvalue weighted by molar-refractivity contribution is 6.09. The Bertz CT molecular complexity index is 1430. The fourth-order valence-corrected chi connectivity index (χ4v) is 4.80. The maximum absolute atomic E-state index is 13.3.